The van der Waals surface area contributed by atoms with E-state index < -0.39 is 0 Å². The van der Waals surface area contributed by atoms with E-state index in [9.17, 15) is 0 Å². The van der Waals surface area contributed by atoms with Crippen LogP contribution in [0.25, 0.3) is 0 Å². The molecule has 122 valence electrons. The molecule has 1 fully saturated rings. The van der Waals surface area contributed by atoms with E-state index in [0.717, 1.165) is 31.1 Å². The molecule has 0 radical (unpaired) electrons. The maximum atomic E-state index is 4.63. The molecule has 1 aromatic heterocycles. The summed E-state index contributed by atoms with van der Waals surface area (Å²) < 4.78 is 0. The average molecular weight is 310 g/mol. The van der Waals surface area contributed by atoms with Crippen molar-refractivity contribution < 1.29 is 0 Å². The van der Waals surface area contributed by atoms with Gasteiger partial charge in [-0.1, -0.05) is 30.3 Å². The average Bonchev–Trinajstić information content (AvgIpc) is 2.94. The molecule has 3 rings (SSSR count). The summed E-state index contributed by atoms with van der Waals surface area (Å²) in [4.78, 5) is 9.26. The lowest BCUT2D eigenvalue weighted by atomic mass is 10.2. The van der Waals surface area contributed by atoms with E-state index in [-0.39, 0.29) is 0 Å². The minimum absolute atomic E-state index is 0.475. The molecule has 0 bridgehead atoms. The highest BCUT2D eigenvalue weighted by atomic mass is 15.2. The standard InChI is InChI=1S/C19H26N4/c1-15-11-18(22(2)3)12-19(20-15)21-17-9-10-23(14-17)13-16-7-5-4-6-8-16/h4-8,11-12,17H,9-10,13-14H2,1-3H3,(H,20,21)/t17-/m0/s1. The summed E-state index contributed by atoms with van der Waals surface area (Å²) in [5.41, 5.74) is 3.63. The molecule has 4 nitrogen and oxygen atoms in total. The molecule has 2 heterocycles. The van der Waals surface area contributed by atoms with Crippen molar-refractivity contribution >= 4 is 11.5 Å². The predicted octanol–water partition coefficient (Wildman–Crippen LogP) is 3.14. The van der Waals surface area contributed by atoms with E-state index in [1.165, 1.54) is 17.7 Å². The molecule has 0 amide bonds. The number of nitrogens with one attached hydrogen (secondary N) is 1. The number of pyridine rings is 1. The molecular formula is C19H26N4. The maximum absolute atomic E-state index is 4.63. The predicted molar refractivity (Wildman–Crippen MR) is 97.0 cm³/mol. The van der Waals surface area contributed by atoms with Crippen molar-refractivity contribution in [2.45, 2.75) is 25.9 Å². The molecule has 0 unspecified atom stereocenters. The maximum Gasteiger partial charge on any atom is 0.128 e. The van der Waals surface area contributed by atoms with Gasteiger partial charge < -0.3 is 10.2 Å². The van der Waals surface area contributed by atoms with Gasteiger partial charge in [-0.15, -0.1) is 0 Å². The van der Waals surface area contributed by atoms with Crippen molar-refractivity contribution in [3.8, 4) is 0 Å². The van der Waals surface area contributed by atoms with E-state index in [0.29, 0.717) is 6.04 Å². The van der Waals surface area contributed by atoms with Crippen molar-refractivity contribution in [1.29, 1.82) is 0 Å². The fourth-order valence-electron chi connectivity index (χ4n) is 3.13. The summed E-state index contributed by atoms with van der Waals surface area (Å²) in [7, 11) is 4.13. The SMILES string of the molecule is Cc1cc(N(C)C)cc(N[C@H]2CCN(Cc3ccccc3)C2)n1. The molecule has 0 spiro atoms. The van der Waals surface area contributed by atoms with Crippen LogP contribution in [0.1, 0.15) is 17.7 Å². The van der Waals surface area contributed by atoms with Crippen molar-refractivity contribution in [2.75, 3.05) is 37.4 Å². The Kier molecular flexibility index (Phi) is 4.82. The van der Waals surface area contributed by atoms with Gasteiger partial charge in [-0.2, -0.15) is 0 Å². The highest BCUT2D eigenvalue weighted by molar-refractivity contribution is 5.55. The number of likely N-dealkylation sites (tertiary alicyclic amines) is 1. The third-order valence-electron chi connectivity index (χ3n) is 4.33. The molecule has 1 atom stereocenters. The van der Waals surface area contributed by atoms with E-state index in [1.54, 1.807) is 0 Å². The van der Waals surface area contributed by atoms with Gasteiger partial charge in [0.1, 0.15) is 5.82 Å². The van der Waals surface area contributed by atoms with Gasteiger partial charge in [0.05, 0.1) is 0 Å². The third-order valence-corrected chi connectivity index (χ3v) is 4.33. The second kappa shape index (κ2) is 7.01. The number of anilines is 2. The van der Waals surface area contributed by atoms with Gasteiger partial charge in [0.2, 0.25) is 0 Å². The molecule has 2 aromatic rings. The molecule has 0 aliphatic carbocycles. The molecule has 0 saturated carbocycles. The van der Waals surface area contributed by atoms with Gasteiger partial charge >= 0.3 is 0 Å². The van der Waals surface area contributed by atoms with Gasteiger partial charge in [-0.3, -0.25) is 4.90 Å². The number of rotatable bonds is 5. The van der Waals surface area contributed by atoms with Gasteiger partial charge in [0, 0.05) is 57.2 Å². The Balaban J connectivity index is 1.60. The Morgan fingerprint density at radius 3 is 2.74 bits per heavy atom. The fourth-order valence-corrected chi connectivity index (χ4v) is 3.13. The lowest BCUT2D eigenvalue weighted by molar-refractivity contribution is 0.328. The van der Waals surface area contributed by atoms with Crippen LogP contribution in [-0.2, 0) is 6.54 Å². The topological polar surface area (TPSA) is 31.4 Å². The number of benzene rings is 1. The van der Waals surface area contributed by atoms with Crippen molar-refractivity contribution in [1.82, 2.24) is 9.88 Å². The fraction of sp³-hybridized carbons (Fsp3) is 0.421. The summed E-state index contributed by atoms with van der Waals surface area (Å²) in [6.07, 6.45) is 1.17. The van der Waals surface area contributed by atoms with Gasteiger partial charge in [0.15, 0.2) is 0 Å². The molecule has 23 heavy (non-hydrogen) atoms. The Morgan fingerprint density at radius 2 is 2.00 bits per heavy atom. The number of aromatic nitrogens is 1. The van der Waals surface area contributed by atoms with Crippen molar-refractivity contribution in [3.63, 3.8) is 0 Å². The van der Waals surface area contributed by atoms with Crippen LogP contribution < -0.4 is 10.2 Å². The number of nitrogens with zero attached hydrogens (tertiary/aromatic N) is 3. The number of hydrogen-bond donors (Lipinski definition) is 1. The Bertz CT molecular complexity index is 639. The van der Waals surface area contributed by atoms with Crippen LogP contribution in [0.4, 0.5) is 11.5 Å². The minimum Gasteiger partial charge on any atom is -0.377 e. The first kappa shape index (κ1) is 15.8. The Labute approximate surface area is 139 Å². The molecule has 1 saturated heterocycles. The molecule has 1 aromatic carbocycles. The lowest BCUT2D eigenvalue weighted by Gasteiger charge is -2.19. The second-order valence-electron chi connectivity index (χ2n) is 6.60. The third kappa shape index (κ3) is 4.23. The van der Waals surface area contributed by atoms with Crippen molar-refractivity contribution in [2.24, 2.45) is 0 Å². The minimum atomic E-state index is 0.475. The van der Waals surface area contributed by atoms with Crippen LogP contribution in [0, 0.1) is 6.92 Å². The first-order valence-corrected chi connectivity index (χ1v) is 8.29. The van der Waals surface area contributed by atoms with Gasteiger partial charge in [-0.05, 0) is 25.0 Å². The molecule has 1 aliphatic rings. The summed E-state index contributed by atoms with van der Waals surface area (Å²) in [5.74, 6) is 0.986. The van der Waals surface area contributed by atoms with Gasteiger partial charge in [-0.25, -0.2) is 4.98 Å². The summed E-state index contributed by atoms with van der Waals surface area (Å²) in [6, 6.07) is 15.4. The molecule has 1 N–H and O–H groups in total. The largest absolute Gasteiger partial charge is 0.377 e. The zero-order valence-electron chi connectivity index (χ0n) is 14.3. The first-order chi connectivity index (χ1) is 11.1. The quantitative estimate of drug-likeness (QED) is 0.919. The Hall–Kier alpha value is -2.07. The summed E-state index contributed by atoms with van der Waals surface area (Å²) in [6.45, 7) is 5.29. The van der Waals surface area contributed by atoms with Gasteiger partial charge in [0.25, 0.3) is 0 Å². The summed E-state index contributed by atoms with van der Waals surface area (Å²) >= 11 is 0. The zero-order chi connectivity index (χ0) is 16.2. The van der Waals surface area contributed by atoms with Crippen LogP contribution in [0.15, 0.2) is 42.5 Å². The Morgan fingerprint density at radius 1 is 1.22 bits per heavy atom. The molecule has 1 aliphatic heterocycles. The highest BCUT2D eigenvalue weighted by Crippen LogP contribution is 2.21. The highest BCUT2D eigenvalue weighted by Gasteiger charge is 2.22. The zero-order valence-corrected chi connectivity index (χ0v) is 14.3. The molecular weight excluding hydrogens is 284 g/mol. The normalized spacial score (nSPS) is 18.1. The second-order valence-corrected chi connectivity index (χ2v) is 6.60. The van der Waals surface area contributed by atoms with E-state index >= 15 is 0 Å². The van der Waals surface area contributed by atoms with Crippen LogP contribution >= 0.6 is 0 Å². The van der Waals surface area contributed by atoms with Crippen LogP contribution in [-0.4, -0.2) is 43.1 Å². The monoisotopic (exact) mass is 310 g/mol. The van der Waals surface area contributed by atoms with Crippen LogP contribution in [0.3, 0.4) is 0 Å². The van der Waals surface area contributed by atoms with E-state index in [4.69, 9.17) is 0 Å². The lowest BCUT2D eigenvalue weighted by Crippen LogP contribution is -2.26. The number of aryl methyl sites for hydroxylation is 1. The first-order valence-electron chi connectivity index (χ1n) is 8.29. The number of hydrogen-bond acceptors (Lipinski definition) is 4. The smallest absolute Gasteiger partial charge is 0.128 e. The van der Waals surface area contributed by atoms with E-state index in [1.807, 2.05) is 0 Å². The van der Waals surface area contributed by atoms with Crippen molar-refractivity contribution in [3.05, 3.63) is 53.7 Å². The molecule has 4 heteroatoms. The van der Waals surface area contributed by atoms with Crippen LogP contribution in [0.2, 0.25) is 0 Å². The van der Waals surface area contributed by atoms with Crippen LogP contribution in [0.5, 0.6) is 0 Å². The van der Waals surface area contributed by atoms with E-state index in [2.05, 4.69) is 83.6 Å². The summed E-state index contributed by atoms with van der Waals surface area (Å²) in [5, 5.41) is 3.61.